The Bertz CT molecular complexity index is 644. The van der Waals surface area contributed by atoms with Crippen molar-refractivity contribution in [2.45, 2.75) is 22.3 Å². The first kappa shape index (κ1) is 17.9. The first-order valence-corrected chi connectivity index (χ1v) is 8.37. The van der Waals surface area contributed by atoms with Crippen LogP contribution in [0.1, 0.15) is 16.8 Å². The molecule has 0 radical (unpaired) electrons. The molecule has 2 aromatic rings. The number of nitrogens with one attached hydrogen (secondary N) is 1. The van der Waals surface area contributed by atoms with Crippen LogP contribution in [0.3, 0.4) is 0 Å². The standard InChI is InChI=1S/C18H20N2OS.ClH/c1-20(14-11-12-19-13-14)18(21)16-9-5-6-10-17(16)22-15-7-3-2-4-8-15;/h2-10,14,19H,11-13H2,1H3;1H. The van der Waals surface area contributed by atoms with Crippen molar-refractivity contribution in [2.24, 2.45) is 0 Å². The van der Waals surface area contributed by atoms with Crippen LogP contribution >= 0.6 is 24.2 Å². The molecule has 23 heavy (non-hydrogen) atoms. The van der Waals surface area contributed by atoms with Gasteiger partial charge in [0.05, 0.1) is 5.56 Å². The van der Waals surface area contributed by atoms with E-state index in [0.29, 0.717) is 6.04 Å². The van der Waals surface area contributed by atoms with Crippen LogP contribution in [0.2, 0.25) is 0 Å². The second-order valence-corrected chi connectivity index (χ2v) is 6.59. The van der Waals surface area contributed by atoms with Gasteiger partial charge in [0.15, 0.2) is 0 Å². The molecule has 1 aliphatic heterocycles. The van der Waals surface area contributed by atoms with E-state index in [1.54, 1.807) is 11.8 Å². The molecule has 1 amide bonds. The number of hydrogen-bond acceptors (Lipinski definition) is 3. The first-order valence-electron chi connectivity index (χ1n) is 7.55. The summed E-state index contributed by atoms with van der Waals surface area (Å²) in [6, 6.07) is 18.3. The average Bonchev–Trinajstić information content (AvgIpc) is 3.09. The van der Waals surface area contributed by atoms with Gasteiger partial charge in [0.1, 0.15) is 0 Å². The van der Waals surface area contributed by atoms with Gasteiger partial charge in [-0.1, -0.05) is 42.1 Å². The first-order chi connectivity index (χ1) is 10.8. The van der Waals surface area contributed by atoms with Crippen LogP contribution in [0.25, 0.3) is 0 Å². The van der Waals surface area contributed by atoms with Crippen LogP contribution in [0.4, 0.5) is 0 Å². The van der Waals surface area contributed by atoms with Crippen LogP contribution in [0.5, 0.6) is 0 Å². The van der Waals surface area contributed by atoms with Crippen molar-refractivity contribution >= 4 is 30.1 Å². The van der Waals surface area contributed by atoms with E-state index in [4.69, 9.17) is 0 Å². The summed E-state index contributed by atoms with van der Waals surface area (Å²) in [5.41, 5.74) is 0.783. The van der Waals surface area contributed by atoms with Gasteiger partial charge in [-0.3, -0.25) is 4.79 Å². The van der Waals surface area contributed by atoms with Crippen LogP contribution in [-0.4, -0.2) is 37.0 Å². The van der Waals surface area contributed by atoms with E-state index in [0.717, 1.165) is 34.9 Å². The zero-order chi connectivity index (χ0) is 15.4. The van der Waals surface area contributed by atoms with Gasteiger partial charge in [-0.2, -0.15) is 0 Å². The van der Waals surface area contributed by atoms with Crippen molar-refractivity contribution in [1.82, 2.24) is 10.2 Å². The van der Waals surface area contributed by atoms with Gasteiger partial charge in [0.2, 0.25) is 0 Å². The molecule has 0 aliphatic carbocycles. The zero-order valence-electron chi connectivity index (χ0n) is 13.1. The van der Waals surface area contributed by atoms with E-state index in [2.05, 4.69) is 17.4 Å². The lowest BCUT2D eigenvalue weighted by Gasteiger charge is -2.24. The molecular formula is C18H21ClN2OS. The van der Waals surface area contributed by atoms with Crippen LogP contribution in [-0.2, 0) is 0 Å². The van der Waals surface area contributed by atoms with E-state index >= 15 is 0 Å². The number of amides is 1. The summed E-state index contributed by atoms with van der Waals surface area (Å²) in [4.78, 5) is 16.9. The summed E-state index contributed by atoms with van der Waals surface area (Å²) in [5.74, 6) is 0.104. The Kier molecular flexibility index (Phi) is 6.51. The van der Waals surface area contributed by atoms with Gasteiger partial charge < -0.3 is 10.2 Å². The Labute approximate surface area is 147 Å². The fraction of sp³-hybridized carbons (Fsp3) is 0.278. The highest BCUT2D eigenvalue weighted by molar-refractivity contribution is 7.99. The molecule has 1 aliphatic rings. The molecule has 1 saturated heterocycles. The van der Waals surface area contributed by atoms with Crippen LogP contribution < -0.4 is 5.32 Å². The van der Waals surface area contributed by atoms with Crippen molar-refractivity contribution in [1.29, 1.82) is 0 Å². The highest BCUT2D eigenvalue weighted by Gasteiger charge is 2.25. The summed E-state index contributed by atoms with van der Waals surface area (Å²) >= 11 is 1.64. The van der Waals surface area contributed by atoms with Gasteiger partial charge in [-0.15, -0.1) is 12.4 Å². The lowest BCUT2D eigenvalue weighted by Crippen LogP contribution is -2.38. The minimum Gasteiger partial charge on any atom is -0.337 e. The smallest absolute Gasteiger partial charge is 0.255 e. The Hall–Kier alpha value is -1.49. The number of carbonyl (C=O) groups excluding carboxylic acids is 1. The van der Waals surface area contributed by atoms with Gasteiger partial charge in [0, 0.05) is 29.4 Å². The molecule has 1 atom stereocenters. The third-order valence-electron chi connectivity index (χ3n) is 3.99. The number of carbonyl (C=O) groups is 1. The molecule has 5 heteroatoms. The Morgan fingerprint density at radius 2 is 1.83 bits per heavy atom. The number of likely N-dealkylation sites (N-methyl/N-ethyl adjacent to an activating group) is 1. The molecule has 3 rings (SSSR count). The summed E-state index contributed by atoms with van der Waals surface area (Å²) < 4.78 is 0. The second-order valence-electron chi connectivity index (χ2n) is 5.47. The molecule has 0 bridgehead atoms. The summed E-state index contributed by atoms with van der Waals surface area (Å²) in [6.07, 6.45) is 1.02. The van der Waals surface area contributed by atoms with Crippen molar-refractivity contribution in [3.8, 4) is 0 Å². The average molecular weight is 349 g/mol. The minimum atomic E-state index is 0. The largest absolute Gasteiger partial charge is 0.337 e. The lowest BCUT2D eigenvalue weighted by atomic mass is 10.1. The molecule has 3 nitrogen and oxygen atoms in total. The third kappa shape index (κ3) is 4.28. The van der Waals surface area contributed by atoms with Gasteiger partial charge in [-0.05, 0) is 37.2 Å². The van der Waals surface area contributed by atoms with Crippen molar-refractivity contribution < 1.29 is 4.79 Å². The fourth-order valence-electron chi connectivity index (χ4n) is 2.67. The van der Waals surface area contributed by atoms with Crippen molar-refractivity contribution in [2.75, 3.05) is 20.1 Å². The predicted octanol–water partition coefficient (Wildman–Crippen LogP) is 3.69. The maximum absolute atomic E-state index is 12.8. The van der Waals surface area contributed by atoms with Crippen molar-refractivity contribution in [3.63, 3.8) is 0 Å². The van der Waals surface area contributed by atoms with Crippen molar-refractivity contribution in [3.05, 3.63) is 60.2 Å². The highest BCUT2D eigenvalue weighted by Crippen LogP contribution is 2.31. The van der Waals surface area contributed by atoms with E-state index in [9.17, 15) is 4.79 Å². The molecule has 1 heterocycles. The van der Waals surface area contributed by atoms with Crippen LogP contribution in [0, 0.1) is 0 Å². The molecule has 1 unspecified atom stereocenters. The molecular weight excluding hydrogens is 328 g/mol. The maximum Gasteiger partial charge on any atom is 0.255 e. The highest BCUT2D eigenvalue weighted by atomic mass is 35.5. The van der Waals surface area contributed by atoms with Gasteiger partial charge >= 0.3 is 0 Å². The van der Waals surface area contributed by atoms with Gasteiger partial charge in [-0.25, -0.2) is 0 Å². The van der Waals surface area contributed by atoms with E-state index in [1.807, 2.05) is 54.4 Å². The normalized spacial score (nSPS) is 16.7. The Balaban J connectivity index is 0.00000192. The number of hydrogen-bond donors (Lipinski definition) is 1. The summed E-state index contributed by atoms with van der Waals surface area (Å²) in [7, 11) is 1.91. The maximum atomic E-state index is 12.8. The van der Waals surface area contributed by atoms with E-state index < -0.39 is 0 Å². The zero-order valence-corrected chi connectivity index (χ0v) is 14.7. The minimum absolute atomic E-state index is 0. The number of benzene rings is 2. The molecule has 0 spiro atoms. The van der Waals surface area contributed by atoms with Gasteiger partial charge in [0.25, 0.3) is 5.91 Å². The molecule has 1 fully saturated rings. The summed E-state index contributed by atoms with van der Waals surface area (Å²) in [6.45, 7) is 1.87. The summed E-state index contributed by atoms with van der Waals surface area (Å²) in [5, 5.41) is 3.31. The van der Waals surface area contributed by atoms with Crippen LogP contribution in [0.15, 0.2) is 64.4 Å². The monoisotopic (exact) mass is 348 g/mol. The second kappa shape index (κ2) is 8.39. The lowest BCUT2D eigenvalue weighted by molar-refractivity contribution is 0.0740. The topological polar surface area (TPSA) is 32.3 Å². The Morgan fingerprint density at radius 3 is 2.52 bits per heavy atom. The fourth-order valence-corrected chi connectivity index (χ4v) is 3.63. The number of rotatable bonds is 4. The quantitative estimate of drug-likeness (QED) is 0.914. The van der Waals surface area contributed by atoms with E-state index in [-0.39, 0.29) is 18.3 Å². The molecule has 2 aromatic carbocycles. The number of halogens is 1. The Morgan fingerprint density at radius 1 is 1.13 bits per heavy atom. The predicted molar refractivity (Wildman–Crippen MR) is 97.6 cm³/mol. The number of nitrogens with zero attached hydrogens (tertiary/aromatic N) is 1. The SMILES string of the molecule is CN(C(=O)c1ccccc1Sc1ccccc1)C1CCNC1.Cl. The molecule has 0 saturated carbocycles. The molecule has 122 valence electrons. The van der Waals surface area contributed by atoms with E-state index in [1.165, 1.54) is 0 Å². The third-order valence-corrected chi connectivity index (χ3v) is 5.07. The molecule has 1 N–H and O–H groups in total. The molecule has 0 aromatic heterocycles.